The molecule has 1 atom stereocenters. The molecule has 2 nitrogen and oxygen atoms in total. The van der Waals surface area contributed by atoms with Crippen LogP contribution in [0.5, 0.6) is 0 Å². The third kappa shape index (κ3) is 3.35. The van der Waals surface area contributed by atoms with Crippen molar-refractivity contribution in [3.63, 3.8) is 0 Å². The van der Waals surface area contributed by atoms with E-state index in [1.807, 2.05) is 6.26 Å². The summed E-state index contributed by atoms with van der Waals surface area (Å²) in [5, 5.41) is -0.237. The first-order chi connectivity index (χ1) is 3.68. The summed E-state index contributed by atoms with van der Waals surface area (Å²) in [5.74, 6) is 0.655. The molecular weight excluding hydrogens is 142 g/mol. The normalized spacial score (nSPS) is 13.4. The second-order valence-electron chi connectivity index (χ2n) is 1.40. The first-order valence-corrected chi connectivity index (χ1v) is 4.00. The summed E-state index contributed by atoms with van der Waals surface area (Å²) in [6.07, 6.45) is 1.90. The highest BCUT2D eigenvalue weighted by Gasteiger charge is 2.05. The standard InChI is InChI=1S/C4H9NOS2/c1-8-2-3(5)4(6)7/h3H,2,5H2,1H3,(H,6,7)/t3-/m0/s1. The average molecular weight is 151 g/mol. The molecule has 0 aliphatic carbocycles. The number of carbonyl (C=O) groups is 1. The average Bonchev–Trinajstić information content (AvgIpc) is 1.67. The maximum Gasteiger partial charge on any atom is 0.203 e. The van der Waals surface area contributed by atoms with E-state index in [0.29, 0.717) is 5.75 Å². The van der Waals surface area contributed by atoms with Gasteiger partial charge in [0.25, 0.3) is 0 Å². The molecule has 0 aromatic rings. The van der Waals surface area contributed by atoms with Crippen LogP contribution in [0.1, 0.15) is 0 Å². The van der Waals surface area contributed by atoms with Crippen LogP contribution < -0.4 is 5.73 Å². The summed E-state index contributed by atoms with van der Waals surface area (Å²) < 4.78 is 0. The minimum absolute atomic E-state index is 0.237. The van der Waals surface area contributed by atoms with Crippen LogP contribution >= 0.6 is 24.4 Å². The quantitative estimate of drug-likeness (QED) is 0.564. The molecule has 0 aliphatic rings. The summed E-state index contributed by atoms with van der Waals surface area (Å²) >= 11 is 5.09. The number of thioether (sulfide) groups is 1. The van der Waals surface area contributed by atoms with Gasteiger partial charge in [0.1, 0.15) is 0 Å². The summed E-state index contributed by atoms with van der Waals surface area (Å²) in [5.41, 5.74) is 5.28. The second-order valence-corrected chi connectivity index (χ2v) is 2.75. The van der Waals surface area contributed by atoms with Crippen molar-refractivity contribution in [3.8, 4) is 0 Å². The first kappa shape index (κ1) is 8.33. The molecular formula is C4H9NOS2. The number of hydrogen-bond acceptors (Lipinski definition) is 3. The van der Waals surface area contributed by atoms with E-state index in [-0.39, 0.29) is 5.12 Å². The van der Waals surface area contributed by atoms with Crippen molar-refractivity contribution in [2.75, 3.05) is 12.0 Å². The lowest BCUT2D eigenvalue weighted by Crippen LogP contribution is -2.29. The van der Waals surface area contributed by atoms with Gasteiger partial charge in [0.05, 0.1) is 6.04 Å². The van der Waals surface area contributed by atoms with E-state index < -0.39 is 6.04 Å². The molecule has 0 bridgehead atoms. The highest BCUT2D eigenvalue weighted by molar-refractivity contribution is 7.99. The van der Waals surface area contributed by atoms with Gasteiger partial charge in [-0.1, -0.05) is 0 Å². The highest BCUT2D eigenvalue weighted by atomic mass is 32.2. The van der Waals surface area contributed by atoms with Crippen molar-refractivity contribution in [3.05, 3.63) is 0 Å². The molecule has 0 aliphatic heterocycles. The molecule has 0 aromatic heterocycles. The van der Waals surface area contributed by atoms with Crippen LogP contribution in [0.4, 0.5) is 0 Å². The highest BCUT2D eigenvalue weighted by Crippen LogP contribution is 1.96. The van der Waals surface area contributed by atoms with Gasteiger partial charge in [0.2, 0.25) is 5.12 Å². The van der Waals surface area contributed by atoms with Crippen LogP contribution in [0.25, 0.3) is 0 Å². The molecule has 0 amide bonds. The number of carbonyl (C=O) groups excluding carboxylic acids is 1. The Morgan fingerprint density at radius 1 is 2.00 bits per heavy atom. The summed E-state index contributed by atoms with van der Waals surface area (Å²) in [6.45, 7) is 0. The Morgan fingerprint density at radius 2 is 2.50 bits per heavy atom. The molecule has 2 N–H and O–H groups in total. The van der Waals surface area contributed by atoms with Crippen molar-refractivity contribution < 1.29 is 4.79 Å². The van der Waals surface area contributed by atoms with E-state index in [9.17, 15) is 4.79 Å². The number of thiol groups is 1. The third-order valence-corrected chi connectivity index (χ3v) is 1.69. The molecule has 4 heteroatoms. The maximum absolute atomic E-state index is 10.3. The lowest BCUT2D eigenvalue weighted by molar-refractivity contribution is -0.111. The molecule has 0 saturated carbocycles. The number of nitrogens with two attached hydrogens (primary N) is 1. The number of rotatable bonds is 3. The molecule has 0 saturated heterocycles. The van der Waals surface area contributed by atoms with Crippen LogP contribution in [0.15, 0.2) is 0 Å². The topological polar surface area (TPSA) is 43.1 Å². The van der Waals surface area contributed by atoms with Gasteiger partial charge in [-0.3, -0.25) is 4.79 Å². The van der Waals surface area contributed by atoms with Crippen molar-refractivity contribution >= 4 is 29.5 Å². The number of hydrogen-bond donors (Lipinski definition) is 2. The molecule has 0 aromatic carbocycles. The fraction of sp³-hybridized carbons (Fsp3) is 0.750. The van der Waals surface area contributed by atoms with Crippen molar-refractivity contribution in [2.45, 2.75) is 6.04 Å². The SMILES string of the molecule is CSC[C@H](N)C(=O)S. The van der Waals surface area contributed by atoms with E-state index in [1.165, 1.54) is 0 Å². The van der Waals surface area contributed by atoms with Crippen molar-refractivity contribution in [2.24, 2.45) is 5.73 Å². The lowest BCUT2D eigenvalue weighted by atomic mass is 10.4. The lowest BCUT2D eigenvalue weighted by Gasteiger charge is -2.01. The molecule has 0 spiro atoms. The summed E-state index contributed by atoms with van der Waals surface area (Å²) in [4.78, 5) is 10.3. The Labute approximate surface area is 58.6 Å². The summed E-state index contributed by atoms with van der Waals surface area (Å²) in [7, 11) is 0. The van der Waals surface area contributed by atoms with E-state index >= 15 is 0 Å². The summed E-state index contributed by atoms with van der Waals surface area (Å²) in [6, 6.07) is -0.395. The molecule has 0 heterocycles. The second kappa shape index (κ2) is 4.23. The smallest absolute Gasteiger partial charge is 0.203 e. The minimum atomic E-state index is -0.395. The maximum atomic E-state index is 10.3. The first-order valence-electron chi connectivity index (χ1n) is 2.15. The van der Waals surface area contributed by atoms with Crippen LogP contribution in [0.2, 0.25) is 0 Å². The Hall–Kier alpha value is 0.330. The molecule has 0 fully saturated rings. The predicted molar refractivity (Wildman–Crippen MR) is 40.4 cm³/mol. The van der Waals surface area contributed by atoms with Gasteiger partial charge in [-0.05, 0) is 6.26 Å². The zero-order valence-electron chi connectivity index (χ0n) is 4.63. The Balaban J connectivity index is 3.32. The van der Waals surface area contributed by atoms with E-state index in [0.717, 1.165) is 0 Å². The van der Waals surface area contributed by atoms with Gasteiger partial charge in [-0.25, -0.2) is 0 Å². The van der Waals surface area contributed by atoms with E-state index in [4.69, 9.17) is 5.73 Å². The molecule has 8 heavy (non-hydrogen) atoms. The van der Waals surface area contributed by atoms with Gasteiger partial charge >= 0.3 is 0 Å². The fourth-order valence-corrected chi connectivity index (χ4v) is 0.976. The van der Waals surface area contributed by atoms with Crippen molar-refractivity contribution in [1.82, 2.24) is 0 Å². The van der Waals surface area contributed by atoms with Gasteiger partial charge in [-0.2, -0.15) is 11.8 Å². The molecule has 0 radical (unpaired) electrons. The third-order valence-electron chi connectivity index (χ3n) is 0.663. The fourth-order valence-electron chi connectivity index (χ4n) is 0.251. The van der Waals surface area contributed by atoms with Crippen LogP contribution in [0, 0.1) is 0 Å². The van der Waals surface area contributed by atoms with Crippen molar-refractivity contribution in [1.29, 1.82) is 0 Å². The zero-order chi connectivity index (χ0) is 6.57. The molecule has 48 valence electrons. The van der Waals surface area contributed by atoms with Gasteiger partial charge in [0.15, 0.2) is 0 Å². The van der Waals surface area contributed by atoms with Crippen LogP contribution in [-0.4, -0.2) is 23.2 Å². The van der Waals surface area contributed by atoms with Gasteiger partial charge in [-0.15, -0.1) is 12.6 Å². The zero-order valence-corrected chi connectivity index (χ0v) is 6.34. The Bertz CT molecular complexity index is 86.1. The van der Waals surface area contributed by atoms with Gasteiger partial charge < -0.3 is 5.73 Å². The predicted octanol–water partition coefficient (Wildman–Crippen LogP) is 0.133. The Morgan fingerprint density at radius 3 is 2.62 bits per heavy atom. The largest absolute Gasteiger partial charge is 0.320 e. The van der Waals surface area contributed by atoms with Gasteiger partial charge in [0, 0.05) is 5.75 Å². The Kier molecular flexibility index (Phi) is 4.41. The monoisotopic (exact) mass is 151 g/mol. The van der Waals surface area contributed by atoms with Crippen LogP contribution in [0.3, 0.4) is 0 Å². The van der Waals surface area contributed by atoms with E-state index in [2.05, 4.69) is 12.6 Å². The van der Waals surface area contributed by atoms with E-state index in [1.54, 1.807) is 11.8 Å². The molecule has 0 unspecified atom stereocenters. The van der Waals surface area contributed by atoms with Crippen LogP contribution in [-0.2, 0) is 4.79 Å². The minimum Gasteiger partial charge on any atom is -0.320 e. The molecule has 0 rings (SSSR count).